The molecule has 0 fully saturated rings. The van der Waals surface area contributed by atoms with E-state index in [2.05, 4.69) is 15.6 Å². The summed E-state index contributed by atoms with van der Waals surface area (Å²) in [4.78, 5) is 16.1. The number of rotatable bonds is 6. The Hall–Kier alpha value is -2.08. The molecular weight excluding hydrogens is 268 g/mol. The molecule has 2 amide bonds. The van der Waals surface area contributed by atoms with Crippen molar-refractivity contribution in [2.24, 2.45) is 0 Å². The molecule has 0 aliphatic carbocycles. The number of carbonyl (C=O) groups excluding carboxylic acids is 1. The second-order valence-corrected chi connectivity index (χ2v) is 5.13. The van der Waals surface area contributed by atoms with Crippen molar-refractivity contribution in [1.82, 2.24) is 20.0 Å². The Labute approximate surface area is 124 Å². The molecule has 1 atom stereocenters. The van der Waals surface area contributed by atoms with Gasteiger partial charge in [0.2, 0.25) is 0 Å². The number of aliphatic hydroxyl groups is 1. The minimum absolute atomic E-state index is 0.268. The highest BCUT2D eigenvalue weighted by molar-refractivity contribution is 5.73. The number of hydrogen-bond donors (Lipinski definition) is 3. The summed E-state index contributed by atoms with van der Waals surface area (Å²) in [5.74, 6) is 0. The van der Waals surface area contributed by atoms with Gasteiger partial charge in [0.25, 0.3) is 0 Å². The van der Waals surface area contributed by atoms with E-state index in [0.29, 0.717) is 13.0 Å². The summed E-state index contributed by atoms with van der Waals surface area (Å²) >= 11 is 0. The van der Waals surface area contributed by atoms with Crippen molar-refractivity contribution >= 4 is 11.7 Å². The molecule has 0 bridgehead atoms. The van der Waals surface area contributed by atoms with Crippen LogP contribution in [0.3, 0.4) is 0 Å². The number of aromatic nitrogens is 2. The van der Waals surface area contributed by atoms with Crippen LogP contribution in [-0.2, 0) is 6.54 Å². The van der Waals surface area contributed by atoms with Crippen LogP contribution in [0.2, 0.25) is 0 Å². The minimum atomic E-state index is -0.487. The molecule has 21 heavy (non-hydrogen) atoms. The first-order valence-corrected chi connectivity index (χ1v) is 7.23. The summed E-state index contributed by atoms with van der Waals surface area (Å²) in [6.07, 6.45) is 3.01. The Morgan fingerprint density at radius 3 is 2.95 bits per heavy atom. The van der Waals surface area contributed by atoms with E-state index in [0.717, 1.165) is 23.5 Å². The van der Waals surface area contributed by atoms with E-state index in [9.17, 15) is 9.90 Å². The average Bonchev–Trinajstić information content (AvgIpc) is 2.88. The zero-order valence-corrected chi connectivity index (χ0v) is 12.5. The van der Waals surface area contributed by atoms with Crippen molar-refractivity contribution in [2.45, 2.75) is 39.3 Å². The normalized spacial score (nSPS) is 12.3. The molecule has 0 aromatic carbocycles. The molecule has 2 aromatic rings. The van der Waals surface area contributed by atoms with Crippen LogP contribution in [0.4, 0.5) is 4.79 Å². The molecule has 0 saturated heterocycles. The minimum Gasteiger partial charge on any atom is -0.391 e. The van der Waals surface area contributed by atoms with Gasteiger partial charge in [-0.05, 0) is 25.5 Å². The smallest absolute Gasteiger partial charge is 0.315 e. The fraction of sp³-hybridized carbons (Fsp3) is 0.467. The highest BCUT2D eigenvalue weighted by Gasteiger charge is 2.07. The van der Waals surface area contributed by atoms with Gasteiger partial charge in [0, 0.05) is 18.4 Å². The second-order valence-electron chi connectivity index (χ2n) is 5.13. The maximum absolute atomic E-state index is 11.6. The van der Waals surface area contributed by atoms with Gasteiger partial charge >= 0.3 is 6.03 Å². The Balaban J connectivity index is 1.84. The van der Waals surface area contributed by atoms with Crippen LogP contribution in [0.1, 0.15) is 31.2 Å². The maximum atomic E-state index is 11.6. The summed E-state index contributed by atoms with van der Waals surface area (Å²) in [6.45, 7) is 4.63. The average molecular weight is 290 g/mol. The third kappa shape index (κ3) is 4.19. The van der Waals surface area contributed by atoms with Gasteiger partial charge in [-0.2, -0.15) is 0 Å². The van der Waals surface area contributed by atoms with Gasteiger partial charge in [0.05, 0.1) is 18.3 Å². The number of urea groups is 1. The first kappa shape index (κ1) is 15.3. The van der Waals surface area contributed by atoms with Gasteiger partial charge in [0.15, 0.2) is 0 Å². The summed E-state index contributed by atoms with van der Waals surface area (Å²) < 4.78 is 1.99. The van der Waals surface area contributed by atoms with Gasteiger partial charge in [-0.15, -0.1) is 0 Å². The largest absolute Gasteiger partial charge is 0.391 e. The van der Waals surface area contributed by atoms with Crippen LogP contribution in [-0.4, -0.2) is 33.2 Å². The number of fused-ring (bicyclic) bond motifs is 1. The Kier molecular flexibility index (Phi) is 5.16. The van der Waals surface area contributed by atoms with Crippen LogP contribution in [0, 0.1) is 6.92 Å². The lowest BCUT2D eigenvalue weighted by Gasteiger charge is -2.11. The van der Waals surface area contributed by atoms with Crippen molar-refractivity contribution in [3.8, 4) is 0 Å². The lowest BCUT2D eigenvalue weighted by Crippen LogP contribution is -2.39. The molecule has 0 spiro atoms. The highest BCUT2D eigenvalue weighted by atomic mass is 16.3. The molecule has 0 aliphatic rings. The first-order chi connectivity index (χ1) is 10.1. The van der Waals surface area contributed by atoms with Gasteiger partial charge < -0.3 is 20.1 Å². The predicted octanol–water partition coefficient (Wildman–Crippen LogP) is 1.60. The zero-order chi connectivity index (χ0) is 15.2. The van der Waals surface area contributed by atoms with Gasteiger partial charge in [0.1, 0.15) is 5.65 Å². The first-order valence-electron chi connectivity index (χ1n) is 7.23. The van der Waals surface area contributed by atoms with Gasteiger partial charge in [-0.1, -0.05) is 19.4 Å². The summed E-state index contributed by atoms with van der Waals surface area (Å²) in [7, 11) is 0. The number of carbonyl (C=O) groups is 1. The van der Waals surface area contributed by atoms with E-state index in [1.807, 2.05) is 42.6 Å². The third-order valence-corrected chi connectivity index (χ3v) is 3.30. The standard InChI is InChI=1S/C15H22N4O2/c1-3-5-13(20)9-17-15(21)16-8-12-10-19-11(2)6-4-7-14(19)18-12/h4,6-7,10,13,20H,3,5,8-9H2,1-2H3,(H2,16,17,21). The number of pyridine rings is 1. The van der Waals surface area contributed by atoms with Crippen LogP contribution >= 0.6 is 0 Å². The Morgan fingerprint density at radius 2 is 2.24 bits per heavy atom. The lowest BCUT2D eigenvalue weighted by atomic mass is 10.2. The molecule has 2 heterocycles. The molecule has 0 saturated carbocycles. The SMILES string of the molecule is CCCC(O)CNC(=O)NCc1cn2c(C)cccc2n1. The van der Waals surface area contributed by atoms with Crippen molar-refractivity contribution in [1.29, 1.82) is 0 Å². The molecule has 0 radical (unpaired) electrons. The molecule has 1 unspecified atom stereocenters. The number of aryl methyl sites for hydroxylation is 1. The summed E-state index contributed by atoms with van der Waals surface area (Å²) in [5, 5.41) is 14.9. The van der Waals surface area contributed by atoms with Crippen molar-refractivity contribution in [3.05, 3.63) is 35.8 Å². The molecule has 2 aromatic heterocycles. The quantitative estimate of drug-likeness (QED) is 0.756. The number of amides is 2. The monoisotopic (exact) mass is 290 g/mol. The van der Waals surface area contributed by atoms with Crippen LogP contribution in [0.5, 0.6) is 0 Å². The fourth-order valence-electron chi connectivity index (χ4n) is 2.16. The number of imidazole rings is 1. The number of aliphatic hydroxyl groups excluding tert-OH is 1. The Bertz CT molecular complexity index is 609. The van der Waals surface area contributed by atoms with Crippen molar-refractivity contribution < 1.29 is 9.90 Å². The zero-order valence-electron chi connectivity index (χ0n) is 12.5. The number of nitrogens with one attached hydrogen (secondary N) is 2. The molecule has 2 rings (SSSR count). The van der Waals surface area contributed by atoms with E-state index in [-0.39, 0.29) is 12.6 Å². The highest BCUT2D eigenvalue weighted by Crippen LogP contribution is 2.08. The van der Waals surface area contributed by atoms with Gasteiger partial charge in [-0.3, -0.25) is 0 Å². The van der Waals surface area contributed by atoms with Crippen LogP contribution in [0.15, 0.2) is 24.4 Å². The predicted molar refractivity (Wildman–Crippen MR) is 81.1 cm³/mol. The van der Waals surface area contributed by atoms with Crippen LogP contribution < -0.4 is 10.6 Å². The molecule has 3 N–H and O–H groups in total. The van der Waals surface area contributed by atoms with E-state index in [1.54, 1.807) is 0 Å². The second kappa shape index (κ2) is 7.08. The van der Waals surface area contributed by atoms with E-state index >= 15 is 0 Å². The lowest BCUT2D eigenvalue weighted by molar-refractivity contribution is 0.160. The van der Waals surface area contributed by atoms with E-state index in [4.69, 9.17) is 0 Å². The topological polar surface area (TPSA) is 78.7 Å². The summed E-state index contributed by atoms with van der Waals surface area (Å²) in [5.41, 5.74) is 2.76. The molecular formula is C15H22N4O2. The van der Waals surface area contributed by atoms with Gasteiger partial charge in [-0.25, -0.2) is 9.78 Å². The maximum Gasteiger partial charge on any atom is 0.315 e. The van der Waals surface area contributed by atoms with Crippen LogP contribution in [0.25, 0.3) is 5.65 Å². The number of nitrogens with zero attached hydrogens (tertiary/aromatic N) is 2. The Morgan fingerprint density at radius 1 is 1.43 bits per heavy atom. The van der Waals surface area contributed by atoms with E-state index in [1.165, 1.54) is 0 Å². The van der Waals surface area contributed by atoms with Crippen molar-refractivity contribution in [3.63, 3.8) is 0 Å². The molecule has 114 valence electrons. The molecule has 6 heteroatoms. The fourth-order valence-corrected chi connectivity index (χ4v) is 2.16. The van der Waals surface area contributed by atoms with Crippen molar-refractivity contribution in [2.75, 3.05) is 6.54 Å². The summed E-state index contributed by atoms with van der Waals surface area (Å²) in [6, 6.07) is 5.60. The number of hydrogen-bond acceptors (Lipinski definition) is 3. The van der Waals surface area contributed by atoms with E-state index < -0.39 is 6.10 Å². The molecule has 6 nitrogen and oxygen atoms in total. The third-order valence-electron chi connectivity index (χ3n) is 3.30. The molecule has 0 aliphatic heterocycles.